The van der Waals surface area contributed by atoms with E-state index in [0.29, 0.717) is 0 Å². The fraction of sp³-hybridized carbons (Fsp3) is 0. The van der Waals surface area contributed by atoms with Crippen molar-refractivity contribution in [1.82, 2.24) is 0 Å². The Kier molecular flexibility index (Phi) is 6.69. The highest BCUT2D eigenvalue weighted by Crippen LogP contribution is 2.34. The maximum atomic E-state index is 3.50. The summed E-state index contributed by atoms with van der Waals surface area (Å²) in [7, 11) is 0. The first-order chi connectivity index (χ1) is 16.8. The van der Waals surface area contributed by atoms with Crippen molar-refractivity contribution < 1.29 is 0 Å². The SMILES string of the molecule is Brc1ccc(-c2ccc(C=Cc3ccc(N(c4ccccc4)c4ccccc4)cc3)cc2)cc1. The molecule has 5 rings (SSSR count). The third-order valence-corrected chi connectivity index (χ3v) is 6.27. The Balaban J connectivity index is 1.35. The first-order valence-electron chi connectivity index (χ1n) is 11.3. The summed E-state index contributed by atoms with van der Waals surface area (Å²) in [5.41, 5.74) is 8.20. The predicted octanol–water partition coefficient (Wildman–Crippen LogP) is 9.76. The minimum Gasteiger partial charge on any atom is -0.311 e. The predicted molar refractivity (Wildman–Crippen MR) is 150 cm³/mol. The van der Waals surface area contributed by atoms with Gasteiger partial charge in [0.1, 0.15) is 0 Å². The molecule has 0 saturated heterocycles. The molecule has 0 aliphatic rings. The lowest BCUT2D eigenvalue weighted by Gasteiger charge is -2.25. The van der Waals surface area contributed by atoms with Crippen LogP contribution in [0.25, 0.3) is 23.3 Å². The Labute approximate surface area is 209 Å². The molecule has 0 fully saturated rings. The van der Waals surface area contributed by atoms with Crippen LogP contribution < -0.4 is 4.90 Å². The van der Waals surface area contributed by atoms with E-state index in [1.807, 2.05) is 12.1 Å². The van der Waals surface area contributed by atoms with Gasteiger partial charge in [-0.2, -0.15) is 0 Å². The second-order valence-corrected chi connectivity index (χ2v) is 8.98. The standard InChI is InChI=1S/C32H24BrN/c33-29-21-19-28(20-22-29)27-17-13-25(14-18-27)11-12-26-15-23-32(24-16-26)34(30-7-3-1-4-8-30)31-9-5-2-6-10-31/h1-24H. The van der Waals surface area contributed by atoms with Crippen molar-refractivity contribution in [3.63, 3.8) is 0 Å². The minimum absolute atomic E-state index is 1.09. The maximum absolute atomic E-state index is 3.50. The van der Waals surface area contributed by atoms with E-state index in [9.17, 15) is 0 Å². The summed E-state index contributed by atoms with van der Waals surface area (Å²) >= 11 is 3.50. The van der Waals surface area contributed by atoms with Gasteiger partial charge in [-0.1, -0.05) is 113 Å². The molecule has 0 aliphatic carbocycles. The van der Waals surface area contributed by atoms with Crippen LogP contribution in [0.5, 0.6) is 0 Å². The Hall–Kier alpha value is -3.88. The van der Waals surface area contributed by atoms with Gasteiger partial charge in [0.25, 0.3) is 0 Å². The quantitative estimate of drug-likeness (QED) is 0.209. The summed E-state index contributed by atoms with van der Waals surface area (Å²) in [6, 6.07) is 46.7. The van der Waals surface area contributed by atoms with Gasteiger partial charge in [0, 0.05) is 21.5 Å². The molecule has 0 saturated carbocycles. The molecule has 0 spiro atoms. The Bertz CT molecular complexity index is 1320. The lowest BCUT2D eigenvalue weighted by molar-refractivity contribution is 1.28. The highest BCUT2D eigenvalue weighted by Gasteiger charge is 2.11. The number of rotatable bonds is 6. The molecule has 2 heteroatoms. The van der Waals surface area contributed by atoms with E-state index in [1.54, 1.807) is 0 Å². The first-order valence-corrected chi connectivity index (χ1v) is 12.1. The van der Waals surface area contributed by atoms with E-state index >= 15 is 0 Å². The lowest BCUT2D eigenvalue weighted by atomic mass is 10.0. The molecule has 5 aromatic carbocycles. The molecular formula is C32H24BrN. The van der Waals surface area contributed by atoms with Crippen LogP contribution in [0, 0.1) is 0 Å². The molecule has 0 atom stereocenters. The van der Waals surface area contributed by atoms with Gasteiger partial charge in [0.15, 0.2) is 0 Å². The normalized spacial score (nSPS) is 11.0. The average Bonchev–Trinajstić information content (AvgIpc) is 2.90. The first kappa shape index (κ1) is 21.9. The monoisotopic (exact) mass is 501 g/mol. The van der Waals surface area contributed by atoms with Gasteiger partial charge in [-0.3, -0.25) is 0 Å². The summed E-state index contributed by atoms with van der Waals surface area (Å²) in [5.74, 6) is 0. The third-order valence-electron chi connectivity index (χ3n) is 5.74. The van der Waals surface area contributed by atoms with Crippen LogP contribution >= 0.6 is 15.9 Å². The van der Waals surface area contributed by atoms with Crippen LogP contribution in [-0.4, -0.2) is 0 Å². The summed E-state index contributed by atoms with van der Waals surface area (Å²) in [4.78, 5) is 2.27. The van der Waals surface area contributed by atoms with Crippen LogP contribution in [0.4, 0.5) is 17.1 Å². The van der Waals surface area contributed by atoms with E-state index in [0.717, 1.165) is 21.5 Å². The highest BCUT2D eigenvalue weighted by molar-refractivity contribution is 9.10. The molecular weight excluding hydrogens is 478 g/mol. The number of hydrogen-bond donors (Lipinski definition) is 0. The zero-order chi connectivity index (χ0) is 23.2. The van der Waals surface area contributed by atoms with Gasteiger partial charge in [-0.05, 0) is 70.8 Å². The molecule has 34 heavy (non-hydrogen) atoms. The topological polar surface area (TPSA) is 3.24 Å². The van der Waals surface area contributed by atoms with Crippen molar-refractivity contribution in [2.75, 3.05) is 4.90 Å². The van der Waals surface area contributed by atoms with E-state index in [-0.39, 0.29) is 0 Å². The molecule has 0 amide bonds. The minimum atomic E-state index is 1.09. The molecule has 0 unspecified atom stereocenters. The molecule has 5 aromatic rings. The van der Waals surface area contributed by atoms with Gasteiger partial charge >= 0.3 is 0 Å². The average molecular weight is 502 g/mol. The van der Waals surface area contributed by atoms with Crippen LogP contribution in [0.2, 0.25) is 0 Å². The molecule has 0 N–H and O–H groups in total. The number of benzene rings is 5. The van der Waals surface area contributed by atoms with Gasteiger partial charge < -0.3 is 4.90 Å². The van der Waals surface area contributed by atoms with Crippen LogP contribution in [-0.2, 0) is 0 Å². The Morgan fingerprint density at radius 2 is 0.794 bits per heavy atom. The van der Waals surface area contributed by atoms with Crippen molar-refractivity contribution in [3.8, 4) is 11.1 Å². The number of para-hydroxylation sites is 2. The van der Waals surface area contributed by atoms with Crippen LogP contribution in [0.1, 0.15) is 11.1 Å². The van der Waals surface area contributed by atoms with Crippen LogP contribution in [0.3, 0.4) is 0 Å². The zero-order valence-corrected chi connectivity index (χ0v) is 20.3. The smallest absolute Gasteiger partial charge is 0.0462 e. The lowest BCUT2D eigenvalue weighted by Crippen LogP contribution is -2.09. The number of halogens is 1. The largest absolute Gasteiger partial charge is 0.311 e. The van der Waals surface area contributed by atoms with Gasteiger partial charge in [-0.15, -0.1) is 0 Å². The third kappa shape index (κ3) is 5.19. The van der Waals surface area contributed by atoms with Crippen molar-refractivity contribution in [1.29, 1.82) is 0 Å². The highest BCUT2D eigenvalue weighted by atomic mass is 79.9. The van der Waals surface area contributed by atoms with Crippen molar-refractivity contribution in [2.45, 2.75) is 0 Å². The van der Waals surface area contributed by atoms with Crippen LogP contribution in [0.15, 0.2) is 138 Å². The molecule has 0 heterocycles. The molecule has 164 valence electrons. The Morgan fingerprint density at radius 3 is 1.26 bits per heavy atom. The fourth-order valence-electron chi connectivity index (χ4n) is 3.96. The van der Waals surface area contributed by atoms with E-state index in [4.69, 9.17) is 0 Å². The van der Waals surface area contributed by atoms with E-state index < -0.39 is 0 Å². The number of anilines is 3. The van der Waals surface area contributed by atoms with Gasteiger partial charge in [-0.25, -0.2) is 0 Å². The van der Waals surface area contributed by atoms with Crippen molar-refractivity contribution in [2.24, 2.45) is 0 Å². The van der Waals surface area contributed by atoms with Gasteiger partial charge in [0.2, 0.25) is 0 Å². The van der Waals surface area contributed by atoms with E-state index in [2.05, 4.69) is 154 Å². The van der Waals surface area contributed by atoms with E-state index in [1.165, 1.54) is 22.3 Å². The number of hydrogen-bond acceptors (Lipinski definition) is 1. The summed E-state index contributed by atoms with van der Waals surface area (Å²) < 4.78 is 1.09. The molecule has 0 aliphatic heterocycles. The Morgan fingerprint density at radius 1 is 0.412 bits per heavy atom. The van der Waals surface area contributed by atoms with Crippen molar-refractivity contribution >= 4 is 45.1 Å². The second-order valence-electron chi connectivity index (χ2n) is 8.06. The molecule has 1 nitrogen and oxygen atoms in total. The van der Waals surface area contributed by atoms with Crippen molar-refractivity contribution in [3.05, 3.63) is 149 Å². The number of nitrogens with zero attached hydrogens (tertiary/aromatic N) is 1. The molecule has 0 aromatic heterocycles. The summed E-state index contributed by atoms with van der Waals surface area (Å²) in [5, 5.41) is 0. The second kappa shape index (κ2) is 10.4. The molecule has 0 radical (unpaired) electrons. The maximum Gasteiger partial charge on any atom is 0.0462 e. The molecule has 0 bridgehead atoms. The van der Waals surface area contributed by atoms with Gasteiger partial charge in [0.05, 0.1) is 0 Å². The summed E-state index contributed by atoms with van der Waals surface area (Å²) in [6.07, 6.45) is 4.32. The fourth-order valence-corrected chi connectivity index (χ4v) is 4.22. The summed E-state index contributed by atoms with van der Waals surface area (Å²) in [6.45, 7) is 0. The zero-order valence-electron chi connectivity index (χ0n) is 18.7.